The Kier molecular flexibility index (Phi) is 4.83. The molecule has 8 heteroatoms. The van der Waals surface area contributed by atoms with Crippen molar-refractivity contribution in [3.63, 3.8) is 0 Å². The number of nitrogens with one attached hydrogen (secondary N) is 1. The summed E-state index contributed by atoms with van der Waals surface area (Å²) in [6, 6.07) is 6.47. The Morgan fingerprint density at radius 3 is 1.87 bits per heavy atom. The lowest BCUT2D eigenvalue weighted by Gasteiger charge is -2.17. The first-order valence-electron chi connectivity index (χ1n) is 6.37. The van der Waals surface area contributed by atoms with Crippen LogP contribution in [0.15, 0.2) is 30.3 Å². The van der Waals surface area contributed by atoms with Crippen molar-refractivity contribution >= 4 is 11.7 Å². The van der Waals surface area contributed by atoms with E-state index in [1.165, 1.54) is 0 Å². The molecule has 2 N–H and O–H groups in total. The molecular weight excluding hydrogens is 321 g/mol. The molecule has 23 heavy (non-hydrogen) atoms. The second-order valence-corrected chi connectivity index (χ2v) is 4.67. The number of benzene rings is 2. The summed E-state index contributed by atoms with van der Waals surface area (Å²) in [5.74, 6) is -12.3. The normalized spacial score (nSPS) is 12.0. The summed E-state index contributed by atoms with van der Waals surface area (Å²) < 4.78 is 66.4. The molecule has 0 bridgehead atoms. The van der Waals surface area contributed by atoms with E-state index in [4.69, 9.17) is 5.11 Å². The van der Waals surface area contributed by atoms with Crippen LogP contribution in [0.4, 0.5) is 27.6 Å². The van der Waals surface area contributed by atoms with E-state index in [9.17, 15) is 26.7 Å². The van der Waals surface area contributed by atoms with E-state index >= 15 is 0 Å². The van der Waals surface area contributed by atoms with Gasteiger partial charge in [-0.3, -0.25) is 0 Å². The van der Waals surface area contributed by atoms with Crippen LogP contribution in [0.3, 0.4) is 0 Å². The Morgan fingerprint density at radius 1 is 0.913 bits per heavy atom. The van der Waals surface area contributed by atoms with Crippen LogP contribution in [0.1, 0.15) is 5.56 Å². The van der Waals surface area contributed by atoms with Gasteiger partial charge in [0.25, 0.3) is 0 Å². The number of halogens is 5. The van der Waals surface area contributed by atoms with E-state index < -0.39 is 46.8 Å². The maximum Gasteiger partial charge on any atom is 0.326 e. The highest BCUT2D eigenvalue weighted by atomic mass is 19.2. The molecule has 2 aromatic rings. The van der Waals surface area contributed by atoms with Gasteiger partial charge in [-0.25, -0.2) is 26.7 Å². The number of carboxylic acids is 1. The molecule has 0 amide bonds. The molecule has 0 saturated heterocycles. The zero-order valence-electron chi connectivity index (χ0n) is 11.4. The maximum atomic E-state index is 13.6. The summed E-state index contributed by atoms with van der Waals surface area (Å²) in [7, 11) is 0. The van der Waals surface area contributed by atoms with Crippen LogP contribution in [-0.2, 0) is 11.2 Å². The van der Waals surface area contributed by atoms with E-state index in [-0.39, 0.29) is 6.42 Å². The zero-order chi connectivity index (χ0) is 17.1. The van der Waals surface area contributed by atoms with Gasteiger partial charge in [-0.1, -0.05) is 30.3 Å². The average molecular weight is 331 g/mol. The first-order valence-corrected chi connectivity index (χ1v) is 6.37. The van der Waals surface area contributed by atoms with E-state index in [0.29, 0.717) is 5.56 Å². The lowest BCUT2D eigenvalue weighted by atomic mass is 10.1. The largest absolute Gasteiger partial charge is 0.480 e. The average Bonchev–Trinajstić information content (AvgIpc) is 2.54. The number of hydrogen-bond donors (Lipinski definition) is 2. The predicted molar refractivity (Wildman–Crippen MR) is 71.4 cm³/mol. The van der Waals surface area contributed by atoms with Crippen molar-refractivity contribution in [2.45, 2.75) is 12.5 Å². The van der Waals surface area contributed by atoms with E-state index in [2.05, 4.69) is 0 Å². The first-order chi connectivity index (χ1) is 10.8. The van der Waals surface area contributed by atoms with Crippen molar-refractivity contribution in [1.29, 1.82) is 0 Å². The van der Waals surface area contributed by atoms with Crippen molar-refractivity contribution in [2.75, 3.05) is 5.32 Å². The van der Waals surface area contributed by atoms with Gasteiger partial charge in [0.05, 0.1) is 0 Å². The summed E-state index contributed by atoms with van der Waals surface area (Å²) in [6.07, 6.45) is -0.213. The molecule has 0 fully saturated rings. The third-order valence-corrected chi connectivity index (χ3v) is 3.11. The van der Waals surface area contributed by atoms with Gasteiger partial charge in [-0.05, 0) is 5.56 Å². The van der Waals surface area contributed by atoms with Crippen molar-refractivity contribution in [1.82, 2.24) is 0 Å². The number of hydrogen-bond acceptors (Lipinski definition) is 2. The summed E-state index contributed by atoms with van der Waals surface area (Å²) in [5, 5.41) is 11.0. The van der Waals surface area contributed by atoms with Gasteiger partial charge in [0, 0.05) is 6.42 Å². The van der Waals surface area contributed by atoms with E-state index in [0.717, 1.165) is 0 Å². The molecule has 3 nitrogen and oxygen atoms in total. The van der Waals surface area contributed by atoms with Gasteiger partial charge in [0.2, 0.25) is 5.82 Å². The van der Waals surface area contributed by atoms with Crippen LogP contribution in [0.5, 0.6) is 0 Å². The third kappa shape index (κ3) is 3.41. The predicted octanol–water partition coefficient (Wildman–Crippen LogP) is 3.49. The Morgan fingerprint density at radius 2 is 1.39 bits per heavy atom. The quantitative estimate of drug-likeness (QED) is 0.501. The SMILES string of the molecule is O=C(O)[C@H](Cc1ccccc1)Nc1c(F)c(F)c(F)c(F)c1F. The molecule has 122 valence electrons. The first kappa shape index (κ1) is 16.7. The van der Waals surface area contributed by atoms with Crippen molar-refractivity contribution in [3.05, 3.63) is 65.0 Å². The second kappa shape index (κ2) is 6.64. The third-order valence-electron chi connectivity index (χ3n) is 3.11. The molecular formula is C15H10F5NO2. The minimum absolute atomic E-state index is 0.213. The van der Waals surface area contributed by atoms with Crippen LogP contribution in [0, 0.1) is 29.1 Å². The monoisotopic (exact) mass is 331 g/mol. The summed E-state index contributed by atoms with van der Waals surface area (Å²) >= 11 is 0. The molecule has 0 saturated carbocycles. The van der Waals surface area contributed by atoms with Crippen LogP contribution in [0.25, 0.3) is 0 Å². The Bertz CT molecular complexity index is 707. The smallest absolute Gasteiger partial charge is 0.326 e. The number of carboxylic acid groups (broad SMARTS) is 1. The molecule has 0 aromatic heterocycles. The fourth-order valence-electron chi connectivity index (χ4n) is 1.96. The van der Waals surface area contributed by atoms with Crippen LogP contribution < -0.4 is 5.32 Å². The van der Waals surface area contributed by atoms with Crippen LogP contribution >= 0.6 is 0 Å². The van der Waals surface area contributed by atoms with Gasteiger partial charge < -0.3 is 10.4 Å². The van der Waals surface area contributed by atoms with Crippen molar-refractivity contribution in [3.8, 4) is 0 Å². The van der Waals surface area contributed by atoms with Gasteiger partial charge >= 0.3 is 5.97 Å². The van der Waals surface area contributed by atoms with Gasteiger partial charge in [0.1, 0.15) is 11.7 Å². The molecule has 0 heterocycles. The van der Waals surface area contributed by atoms with Crippen molar-refractivity contribution in [2.24, 2.45) is 0 Å². The molecule has 0 aliphatic rings. The molecule has 0 radical (unpaired) electrons. The number of carbonyl (C=O) groups is 1. The highest BCUT2D eigenvalue weighted by Crippen LogP contribution is 2.28. The number of anilines is 1. The maximum absolute atomic E-state index is 13.6. The molecule has 0 aliphatic heterocycles. The van der Waals surface area contributed by atoms with Gasteiger partial charge in [-0.2, -0.15) is 0 Å². The summed E-state index contributed by atoms with van der Waals surface area (Å²) in [5.41, 5.74) is -0.860. The fraction of sp³-hybridized carbons (Fsp3) is 0.133. The fourth-order valence-corrected chi connectivity index (χ4v) is 1.96. The highest BCUT2D eigenvalue weighted by molar-refractivity contribution is 5.78. The van der Waals surface area contributed by atoms with Crippen LogP contribution in [0.2, 0.25) is 0 Å². The van der Waals surface area contributed by atoms with E-state index in [1.54, 1.807) is 30.3 Å². The highest BCUT2D eigenvalue weighted by Gasteiger charge is 2.29. The molecule has 0 aliphatic carbocycles. The van der Waals surface area contributed by atoms with Crippen LogP contribution in [-0.4, -0.2) is 17.1 Å². The molecule has 0 unspecified atom stereocenters. The Balaban J connectivity index is 2.36. The van der Waals surface area contributed by atoms with Crippen molar-refractivity contribution < 1.29 is 31.9 Å². The Hall–Kier alpha value is -2.64. The standard InChI is InChI=1S/C15H10F5NO2/c16-9-10(17)12(19)14(13(20)11(9)18)21-8(15(22)23)6-7-4-2-1-3-5-7/h1-5,8,21H,6H2,(H,22,23)/t8-/m0/s1. The minimum atomic E-state index is -2.31. The second-order valence-electron chi connectivity index (χ2n) is 4.67. The molecule has 1 atom stereocenters. The minimum Gasteiger partial charge on any atom is -0.480 e. The van der Waals surface area contributed by atoms with E-state index in [1.807, 2.05) is 5.32 Å². The number of aliphatic carboxylic acids is 1. The molecule has 2 rings (SSSR count). The topological polar surface area (TPSA) is 49.3 Å². The molecule has 2 aromatic carbocycles. The zero-order valence-corrected chi connectivity index (χ0v) is 11.4. The lowest BCUT2D eigenvalue weighted by molar-refractivity contribution is -0.137. The van der Waals surface area contributed by atoms with Gasteiger partial charge in [-0.15, -0.1) is 0 Å². The number of rotatable bonds is 5. The summed E-state index contributed by atoms with van der Waals surface area (Å²) in [4.78, 5) is 11.2. The summed E-state index contributed by atoms with van der Waals surface area (Å²) in [6.45, 7) is 0. The lowest BCUT2D eigenvalue weighted by Crippen LogP contribution is -2.32. The Labute approximate surface area is 127 Å². The molecule has 0 spiro atoms. The van der Waals surface area contributed by atoms with Gasteiger partial charge in [0.15, 0.2) is 23.3 Å².